The lowest BCUT2D eigenvalue weighted by atomic mass is 9.92. The van der Waals surface area contributed by atoms with Crippen molar-refractivity contribution in [3.63, 3.8) is 0 Å². The zero-order valence-corrected chi connectivity index (χ0v) is 31.8. The molecule has 0 N–H and O–H groups in total. The van der Waals surface area contributed by atoms with Crippen molar-refractivity contribution in [1.29, 1.82) is 0 Å². The van der Waals surface area contributed by atoms with Gasteiger partial charge in [-0.3, -0.25) is 0 Å². The zero-order valence-electron chi connectivity index (χ0n) is 31.8. The van der Waals surface area contributed by atoms with Crippen LogP contribution in [0.3, 0.4) is 0 Å². The Hall–Kier alpha value is -7.95. The standard InChI is InChI=1S/C55H33N3O/c1-3-12-38-30-42(26-22-34(38)10-1)36-20-24-37(25-21-36)53-56-54(43-27-23-35-11-2-4-13-39(35)31-43)58-55(57-53)48-29-28-46(44-16-7-8-17-45(44)48)47-18-9-19-50-52(47)49-32-40-14-5-6-15-41(40)33-51(49)59-50/h1-33H. The fourth-order valence-corrected chi connectivity index (χ4v) is 8.73. The SMILES string of the molecule is c1ccc2cc(-c3ccc(-c4nc(-c5ccc6ccccc6c5)nc(-c5ccc(-c6cccc7oc8cc9ccccc9cc8c67)c6ccccc56)n4)cc3)ccc2c1. The fourth-order valence-electron chi connectivity index (χ4n) is 8.73. The van der Waals surface area contributed by atoms with Crippen molar-refractivity contribution >= 4 is 65.0 Å². The normalized spacial score (nSPS) is 11.7. The Bertz CT molecular complexity index is 3620. The van der Waals surface area contributed by atoms with Crippen LogP contribution in [0.4, 0.5) is 0 Å². The summed E-state index contributed by atoms with van der Waals surface area (Å²) in [6.45, 7) is 0. The molecule has 274 valence electrons. The van der Waals surface area contributed by atoms with E-state index in [0.717, 1.165) is 76.9 Å². The van der Waals surface area contributed by atoms with Crippen molar-refractivity contribution in [2.45, 2.75) is 0 Å². The summed E-state index contributed by atoms with van der Waals surface area (Å²) in [5, 5.41) is 11.5. The lowest BCUT2D eigenvalue weighted by Crippen LogP contribution is -2.01. The molecule has 0 aliphatic rings. The molecule has 4 nitrogen and oxygen atoms in total. The highest BCUT2D eigenvalue weighted by Crippen LogP contribution is 2.42. The van der Waals surface area contributed by atoms with Crippen LogP contribution in [0.2, 0.25) is 0 Å². The maximum Gasteiger partial charge on any atom is 0.164 e. The minimum atomic E-state index is 0.623. The van der Waals surface area contributed by atoms with E-state index >= 15 is 0 Å². The van der Waals surface area contributed by atoms with Crippen molar-refractivity contribution in [2.24, 2.45) is 0 Å². The van der Waals surface area contributed by atoms with Gasteiger partial charge in [0.2, 0.25) is 0 Å². The molecule has 2 heterocycles. The molecule has 0 fully saturated rings. The van der Waals surface area contributed by atoms with Crippen LogP contribution in [0.25, 0.3) is 121 Å². The summed E-state index contributed by atoms with van der Waals surface area (Å²) in [7, 11) is 0. The van der Waals surface area contributed by atoms with Gasteiger partial charge in [0.1, 0.15) is 11.2 Å². The monoisotopic (exact) mass is 751 g/mol. The summed E-state index contributed by atoms with van der Waals surface area (Å²) in [4.78, 5) is 15.6. The van der Waals surface area contributed by atoms with E-state index in [1.165, 1.54) is 27.1 Å². The molecule has 0 aliphatic heterocycles. The Kier molecular flexibility index (Phi) is 7.50. The van der Waals surface area contributed by atoms with Gasteiger partial charge in [-0.15, -0.1) is 0 Å². The highest BCUT2D eigenvalue weighted by atomic mass is 16.3. The van der Waals surface area contributed by atoms with Gasteiger partial charge in [-0.1, -0.05) is 164 Å². The Balaban J connectivity index is 1.02. The molecule has 0 spiro atoms. The molecule has 2 aromatic heterocycles. The van der Waals surface area contributed by atoms with E-state index in [0.29, 0.717) is 17.5 Å². The van der Waals surface area contributed by atoms with Gasteiger partial charge in [0.05, 0.1) is 0 Å². The largest absolute Gasteiger partial charge is 0.456 e. The molecule has 12 rings (SSSR count). The van der Waals surface area contributed by atoms with Gasteiger partial charge in [-0.25, -0.2) is 15.0 Å². The first kappa shape index (κ1) is 33.2. The van der Waals surface area contributed by atoms with E-state index in [4.69, 9.17) is 19.4 Å². The maximum atomic E-state index is 6.49. The second-order valence-corrected chi connectivity index (χ2v) is 15.2. The van der Waals surface area contributed by atoms with Crippen LogP contribution < -0.4 is 0 Å². The molecule has 0 aliphatic carbocycles. The predicted octanol–water partition coefficient (Wildman–Crippen LogP) is 14.7. The number of nitrogens with zero attached hydrogens (tertiary/aromatic N) is 3. The predicted molar refractivity (Wildman–Crippen MR) is 244 cm³/mol. The van der Waals surface area contributed by atoms with Crippen molar-refractivity contribution in [3.8, 4) is 56.4 Å². The van der Waals surface area contributed by atoms with Crippen LogP contribution in [0.1, 0.15) is 0 Å². The molecule has 0 atom stereocenters. The van der Waals surface area contributed by atoms with E-state index in [9.17, 15) is 0 Å². The van der Waals surface area contributed by atoms with Crippen LogP contribution in [0.5, 0.6) is 0 Å². The molecule has 0 saturated heterocycles. The van der Waals surface area contributed by atoms with Crippen LogP contribution in [0.15, 0.2) is 205 Å². The molecule has 0 saturated carbocycles. The van der Waals surface area contributed by atoms with Gasteiger partial charge < -0.3 is 4.42 Å². The van der Waals surface area contributed by atoms with Crippen molar-refractivity contribution < 1.29 is 4.42 Å². The minimum Gasteiger partial charge on any atom is -0.456 e. The van der Waals surface area contributed by atoms with Gasteiger partial charge in [-0.05, 0) is 102 Å². The Morgan fingerprint density at radius 3 is 1.49 bits per heavy atom. The Morgan fingerprint density at radius 2 is 0.780 bits per heavy atom. The summed E-state index contributed by atoms with van der Waals surface area (Å²) in [5.41, 5.74) is 9.11. The summed E-state index contributed by atoms with van der Waals surface area (Å²) in [5.74, 6) is 1.88. The van der Waals surface area contributed by atoms with Gasteiger partial charge in [0, 0.05) is 27.5 Å². The third-order valence-corrected chi connectivity index (χ3v) is 11.7. The first-order valence-corrected chi connectivity index (χ1v) is 19.9. The number of hydrogen-bond donors (Lipinski definition) is 0. The molecule has 59 heavy (non-hydrogen) atoms. The third kappa shape index (κ3) is 5.65. The second-order valence-electron chi connectivity index (χ2n) is 15.2. The maximum absolute atomic E-state index is 6.49. The van der Waals surface area contributed by atoms with Gasteiger partial charge in [-0.2, -0.15) is 0 Å². The van der Waals surface area contributed by atoms with E-state index < -0.39 is 0 Å². The average Bonchev–Trinajstić information content (AvgIpc) is 3.67. The number of benzene rings is 10. The second kappa shape index (κ2) is 13.3. The molecule has 0 unspecified atom stereocenters. The van der Waals surface area contributed by atoms with E-state index in [1.807, 2.05) is 0 Å². The van der Waals surface area contributed by atoms with Crippen molar-refractivity contribution in [2.75, 3.05) is 0 Å². The topological polar surface area (TPSA) is 51.8 Å². The number of rotatable bonds is 5. The van der Waals surface area contributed by atoms with Gasteiger partial charge in [0.15, 0.2) is 17.5 Å². The van der Waals surface area contributed by atoms with Gasteiger partial charge in [0.25, 0.3) is 0 Å². The van der Waals surface area contributed by atoms with Crippen LogP contribution in [-0.2, 0) is 0 Å². The first-order chi connectivity index (χ1) is 29.2. The van der Waals surface area contributed by atoms with Crippen LogP contribution >= 0.6 is 0 Å². The smallest absolute Gasteiger partial charge is 0.164 e. The van der Waals surface area contributed by atoms with E-state index in [1.54, 1.807) is 0 Å². The number of fused-ring (bicyclic) bond motifs is 7. The van der Waals surface area contributed by atoms with Gasteiger partial charge >= 0.3 is 0 Å². The lowest BCUT2D eigenvalue weighted by molar-refractivity contribution is 0.669. The number of hydrogen-bond acceptors (Lipinski definition) is 4. The lowest BCUT2D eigenvalue weighted by Gasteiger charge is -2.14. The summed E-state index contributed by atoms with van der Waals surface area (Å²) >= 11 is 0. The molecule has 12 aromatic rings. The molecule has 4 heteroatoms. The Labute approximate surface area is 339 Å². The van der Waals surface area contributed by atoms with Crippen molar-refractivity contribution in [3.05, 3.63) is 200 Å². The highest BCUT2D eigenvalue weighted by Gasteiger charge is 2.19. The molecule has 0 bridgehead atoms. The summed E-state index contributed by atoms with van der Waals surface area (Å²) in [6.07, 6.45) is 0. The zero-order chi connectivity index (χ0) is 38.9. The number of aromatic nitrogens is 3. The molecule has 0 radical (unpaired) electrons. The molecular weight excluding hydrogens is 719 g/mol. The molecular formula is C55H33N3O. The van der Waals surface area contributed by atoms with Crippen LogP contribution in [-0.4, -0.2) is 15.0 Å². The Morgan fingerprint density at radius 1 is 0.271 bits per heavy atom. The summed E-state index contributed by atoms with van der Waals surface area (Å²) in [6, 6.07) is 70.6. The third-order valence-electron chi connectivity index (χ3n) is 11.7. The molecule has 10 aromatic carbocycles. The minimum absolute atomic E-state index is 0.623. The fraction of sp³-hybridized carbons (Fsp3) is 0. The van der Waals surface area contributed by atoms with E-state index in [2.05, 4.69) is 200 Å². The average molecular weight is 752 g/mol. The van der Waals surface area contributed by atoms with E-state index in [-0.39, 0.29) is 0 Å². The highest BCUT2D eigenvalue weighted by molar-refractivity contribution is 6.18. The quantitative estimate of drug-likeness (QED) is 0.176. The molecule has 0 amide bonds. The summed E-state index contributed by atoms with van der Waals surface area (Å²) < 4.78 is 6.49. The number of furan rings is 1. The van der Waals surface area contributed by atoms with Crippen LogP contribution in [0, 0.1) is 0 Å². The van der Waals surface area contributed by atoms with Crippen molar-refractivity contribution in [1.82, 2.24) is 15.0 Å². The first-order valence-electron chi connectivity index (χ1n) is 19.9.